The van der Waals surface area contributed by atoms with Gasteiger partial charge >= 0.3 is 0 Å². The Hall–Kier alpha value is -1.59. The van der Waals surface area contributed by atoms with Gasteiger partial charge in [0.05, 0.1) is 4.92 Å². The zero-order valence-corrected chi connectivity index (χ0v) is 13.8. The Labute approximate surface area is 136 Å². The van der Waals surface area contributed by atoms with Crippen LogP contribution in [0.4, 0.5) is 11.4 Å². The number of fused-ring (bicyclic) bond motifs is 1. The molecule has 0 unspecified atom stereocenters. The van der Waals surface area contributed by atoms with E-state index in [4.69, 9.17) is 11.6 Å². The lowest BCUT2D eigenvalue weighted by molar-refractivity contribution is -0.384. The standard InChI is InChI=1S/C16H22ClN3O2/c1-3-4-5-6-9-19-11-13-14(17)7-8-15(20(21)22)16(13)18-10-12(19)2/h5-8,12,18H,3-4,9-11H2,1-2H3/t12-/m0/s1. The van der Waals surface area contributed by atoms with Crippen molar-refractivity contribution in [2.75, 3.05) is 18.4 Å². The van der Waals surface area contributed by atoms with Gasteiger partial charge in [0.25, 0.3) is 5.69 Å². The zero-order chi connectivity index (χ0) is 16.1. The number of hydrogen-bond acceptors (Lipinski definition) is 4. The van der Waals surface area contributed by atoms with Crippen molar-refractivity contribution in [3.8, 4) is 0 Å². The number of allylic oxidation sites excluding steroid dienone is 1. The second-order valence-electron chi connectivity index (χ2n) is 5.60. The van der Waals surface area contributed by atoms with Gasteiger partial charge in [-0.3, -0.25) is 15.0 Å². The van der Waals surface area contributed by atoms with E-state index in [1.807, 2.05) is 0 Å². The van der Waals surface area contributed by atoms with Gasteiger partial charge < -0.3 is 5.32 Å². The molecule has 22 heavy (non-hydrogen) atoms. The average molecular weight is 324 g/mol. The van der Waals surface area contributed by atoms with Gasteiger partial charge in [0.15, 0.2) is 0 Å². The molecule has 0 aromatic heterocycles. The molecular weight excluding hydrogens is 302 g/mol. The minimum absolute atomic E-state index is 0.0926. The summed E-state index contributed by atoms with van der Waals surface area (Å²) < 4.78 is 0. The second kappa shape index (κ2) is 7.61. The molecule has 0 spiro atoms. The zero-order valence-electron chi connectivity index (χ0n) is 13.0. The van der Waals surface area contributed by atoms with Crippen LogP contribution in [0.5, 0.6) is 0 Å². The Morgan fingerprint density at radius 1 is 1.50 bits per heavy atom. The Kier molecular flexibility index (Phi) is 5.80. The fourth-order valence-corrected chi connectivity index (χ4v) is 2.81. The van der Waals surface area contributed by atoms with Crippen molar-refractivity contribution >= 4 is 23.0 Å². The lowest BCUT2D eigenvalue weighted by Crippen LogP contribution is -2.35. The van der Waals surface area contributed by atoms with E-state index in [-0.39, 0.29) is 16.7 Å². The predicted molar refractivity (Wildman–Crippen MR) is 90.5 cm³/mol. The van der Waals surface area contributed by atoms with E-state index in [1.165, 1.54) is 6.07 Å². The third kappa shape index (κ3) is 3.78. The first kappa shape index (κ1) is 16.8. The van der Waals surface area contributed by atoms with E-state index in [1.54, 1.807) is 6.07 Å². The molecule has 1 aliphatic heterocycles. The summed E-state index contributed by atoms with van der Waals surface area (Å²) in [7, 11) is 0. The number of nitro benzene ring substituents is 1. The number of nitrogens with one attached hydrogen (secondary N) is 1. The number of rotatable bonds is 5. The number of anilines is 1. The fraction of sp³-hybridized carbons (Fsp3) is 0.500. The molecule has 6 heteroatoms. The van der Waals surface area contributed by atoms with Crippen LogP contribution in [0.2, 0.25) is 5.02 Å². The normalized spacial score (nSPS) is 18.8. The monoisotopic (exact) mass is 323 g/mol. The molecule has 0 bridgehead atoms. The summed E-state index contributed by atoms with van der Waals surface area (Å²) >= 11 is 6.28. The first-order valence-electron chi connectivity index (χ1n) is 7.63. The van der Waals surface area contributed by atoms with Gasteiger partial charge in [-0.2, -0.15) is 0 Å². The summed E-state index contributed by atoms with van der Waals surface area (Å²) in [6, 6.07) is 3.35. The summed E-state index contributed by atoms with van der Waals surface area (Å²) in [5.41, 5.74) is 1.46. The van der Waals surface area contributed by atoms with Gasteiger partial charge in [-0.05, 0) is 19.4 Å². The van der Waals surface area contributed by atoms with Crippen LogP contribution in [0.15, 0.2) is 24.3 Å². The largest absolute Gasteiger partial charge is 0.378 e. The number of hydrogen-bond donors (Lipinski definition) is 1. The van der Waals surface area contributed by atoms with Crippen LogP contribution in [0.1, 0.15) is 32.3 Å². The van der Waals surface area contributed by atoms with Gasteiger partial charge in [0, 0.05) is 42.3 Å². The highest BCUT2D eigenvalue weighted by molar-refractivity contribution is 6.32. The van der Waals surface area contributed by atoms with Crippen LogP contribution in [0.3, 0.4) is 0 Å². The summed E-state index contributed by atoms with van der Waals surface area (Å²) in [4.78, 5) is 13.1. The van der Waals surface area contributed by atoms with Crippen molar-refractivity contribution in [1.82, 2.24) is 4.90 Å². The third-order valence-electron chi connectivity index (χ3n) is 3.95. The van der Waals surface area contributed by atoms with E-state index in [9.17, 15) is 10.1 Å². The maximum absolute atomic E-state index is 11.2. The van der Waals surface area contributed by atoms with E-state index in [0.29, 0.717) is 23.8 Å². The predicted octanol–water partition coefficient (Wildman–Crippen LogP) is 4.22. The maximum Gasteiger partial charge on any atom is 0.292 e. The van der Waals surface area contributed by atoms with Crippen LogP contribution in [0.25, 0.3) is 0 Å². The molecule has 120 valence electrons. The summed E-state index contributed by atoms with van der Waals surface area (Å²) in [6.45, 7) is 6.36. The van der Waals surface area contributed by atoms with Crippen molar-refractivity contribution in [3.63, 3.8) is 0 Å². The number of nitro groups is 1. The Bertz CT molecular complexity index is 575. The molecule has 1 atom stereocenters. The van der Waals surface area contributed by atoms with Crippen molar-refractivity contribution < 1.29 is 4.92 Å². The van der Waals surface area contributed by atoms with E-state index in [0.717, 1.165) is 24.9 Å². The van der Waals surface area contributed by atoms with Crippen molar-refractivity contribution in [3.05, 3.63) is 45.0 Å². The van der Waals surface area contributed by atoms with Crippen LogP contribution in [0, 0.1) is 10.1 Å². The van der Waals surface area contributed by atoms with Crippen LogP contribution in [-0.4, -0.2) is 29.0 Å². The number of nitrogens with zero attached hydrogens (tertiary/aromatic N) is 2. The fourth-order valence-electron chi connectivity index (χ4n) is 2.59. The summed E-state index contributed by atoms with van der Waals surface area (Å²) in [5.74, 6) is 0. The SMILES string of the molecule is CCCC=CCN1Cc2c(Cl)ccc([N+](=O)[O-])c2NC[C@@H]1C. The Balaban J connectivity index is 2.27. The summed E-state index contributed by atoms with van der Waals surface area (Å²) in [6.07, 6.45) is 6.55. The lowest BCUT2D eigenvalue weighted by atomic mass is 10.1. The third-order valence-corrected chi connectivity index (χ3v) is 4.31. The second-order valence-corrected chi connectivity index (χ2v) is 6.00. The van der Waals surface area contributed by atoms with Gasteiger partial charge in [-0.15, -0.1) is 0 Å². The highest BCUT2D eigenvalue weighted by Gasteiger charge is 2.26. The van der Waals surface area contributed by atoms with Gasteiger partial charge in [-0.25, -0.2) is 0 Å². The molecule has 1 N–H and O–H groups in total. The molecule has 0 aliphatic carbocycles. The van der Waals surface area contributed by atoms with Gasteiger partial charge in [0.1, 0.15) is 5.69 Å². The van der Waals surface area contributed by atoms with Crippen LogP contribution >= 0.6 is 11.6 Å². The first-order valence-corrected chi connectivity index (χ1v) is 8.01. The molecule has 0 amide bonds. The minimum atomic E-state index is -0.358. The molecule has 1 aliphatic rings. The van der Waals surface area contributed by atoms with Crippen LogP contribution in [-0.2, 0) is 6.54 Å². The van der Waals surface area contributed by atoms with E-state index >= 15 is 0 Å². The Morgan fingerprint density at radius 3 is 2.95 bits per heavy atom. The molecule has 0 saturated carbocycles. The topological polar surface area (TPSA) is 58.4 Å². The highest BCUT2D eigenvalue weighted by Crippen LogP contribution is 2.36. The first-order chi connectivity index (χ1) is 10.5. The van der Waals surface area contributed by atoms with Crippen molar-refractivity contribution in [2.45, 2.75) is 39.3 Å². The van der Waals surface area contributed by atoms with Gasteiger partial charge in [-0.1, -0.05) is 37.1 Å². The lowest BCUT2D eigenvalue weighted by Gasteiger charge is -2.25. The van der Waals surface area contributed by atoms with Crippen LogP contribution < -0.4 is 5.32 Å². The number of unbranched alkanes of at least 4 members (excludes halogenated alkanes) is 1. The Morgan fingerprint density at radius 2 is 2.27 bits per heavy atom. The molecule has 2 rings (SSSR count). The molecule has 1 aromatic rings. The molecule has 0 fully saturated rings. The van der Waals surface area contributed by atoms with E-state index < -0.39 is 0 Å². The van der Waals surface area contributed by atoms with Crippen molar-refractivity contribution in [2.24, 2.45) is 0 Å². The molecule has 1 heterocycles. The smallest absolute Gasteiger partial charge is 0.292 e. The summed E-state index contributed by atoms with van der Waals surface area (Å²) in [5, 5.41) is 15.0. The highest BCUT2D eigenvalue weighted by atomic mass is 35.5. The molecule has 0 radical (unpaired) electrons. The van der Waals surface area contributed by atoms with Crippen molar-refractivity contribution in [1.29, 1.82) is 0 Å². The molecule has 0 saturated heterocycles. The maximum atomic E-state index is 11.2. The molecular formula is C16H22ClN3O2. The average Bonchev–Trinajstić information content (AvgIpc) is 2.65. The number of benzene rings is 1. The van der Waals surface area contributed by atoms with Gasteiger partial charge in [0.2, 0.25) is 0 Å². The quantitative estimate of drug-likeness (QED) is 0.500. The van der Waals surface area contributed by atoms with E-state index in [2.05, 4.69) is 36.2 Å². The minimum Gasteiger partial charge on any atom is -0.378 e. The molecule has 1 aromatic carbocycles. The molecule has 5 nitrogen and oxygen atoms in total. The number of halogens is 1.